The molecule has 0 saturated carbocycles. The SMILES string of the molecule is CN=C(NCC1COc2ccccc2O1)NCC1(C)CCCO1. The lowest BCUT2D eigenvalue weighted by atomic mass is 10.0. The van der Waals surface area contributed by atoms with Crippen LogP contribution < -0.4 is 20.1 Å². The van der Waals surface area contributed by atoms with Crippen LogP contribution in [0.2, 0.25) is 0 Å². The van der Waals surface area contributed by atoms with Gasteiger partial charge < -0.3 is 24.8 Å². The van der Waals surface area contributed by atoms with Gasteiger partial charge >= 0.3 is 0 Å². The van der Waals surface area contributed by atoms with Crippen LogP contribution in [0.3, 0.4) is 0 Å². The second-order valence-corrected chi connectivity index (χ2v) is 6.21. The Kier molecular flexibility index (Phi) is 4.91. The van der Waals surface area contributed by atoms with Crippen LogP contribution in [0.25, 0.3) is 0 Å². The predicted molar refractivity (Wildman–Crippen MR) is 89.3 cm³/mol. The molecule has 3 rings (SSSR count). The summed E-state index contributed by atoms with van der Waals surface area (Å²) in [6.07, 6.45) is 2.16. The summed E-state index contributed by atoms with van der Waals surface area (Å²) in [4.78, 5) is 4.25. The van der Waals surface area contributed by atoms with Crippen molar-refractivity contribution in [2.24, 2.45) is 4.99 Å². The Morgan fingerprint density at radius 1 is 1.30 bits per heavy atom. The highest BCUT2D eigenvalue weighted by molar-refractivity contribution is 5.79. The molecule has 2 heterocycles. The van der Waals surface area contributed by atoms with Gasteiger partial charge in [-0.3, -0.25) is 4.99 Å². The highest BCUT2D eigenvalue weighted by Gasteiger charge is 2.29. The zero-order valence-corrected chi connectivity index (χ0v) is 13.8. The number of nitrogens with zero attached hydrogens (tertiary/aromatic N) is 1. The summed E-state index contributed by atoms with van der Waals surface area (Å²) < 4.78 is 17.4. The largest absolute Gasteiger partial charge is 0.486 e. The van der Waals surface area contributed by atoms with Gasteiger partial charge in [-0.25, -0.2) is 0 Å². The molecule has 0 aliphatic carbocycles. The minimum absolute atomic E-state index is 0.0400. The molecule has 0 spiro atoms. The number of hydrogen-bond donors (Lipinski definition) is 2. The summed E-state index contributed by atoms with van der Waals surface area (Å²) in [5.74, 6) is 2.35. The fourth-order valence-corrected chi connectivity index (χ4v) is 2.84. The molecule has 6 heteroatoms. The van der Waals surface area contributed by atoms with E-state index in [9.17, 15) is 0 Å². The first-order valence-corrected chi connectivity index (χ1v) is 8.15. The molecule has 0 amide bonds. The molecule has 0 bridgehead atoms. The van der Waals surface area contributed by atoms with Gasteiger partial charge in [0.25, 0.3) is 0 Å². The maximum absolute atomic E-state index is 5.93. The lowest BCUT2D eigenvalue weighted by Gasteiger charge is -2.28. The van der Waals surface area contributed by atoms with Gasteiger partial charge in [-0.2, -0.15) is 0 Å². The Labute approximate surface area is 137 Å². The van der Waals surface area contributed by atoms with Crippen LogP contribution in [0.1, 0.15) is 19.8 Å². The standard InChI is InChI=1S/C17H25N3O3/c1-17(8-5-9-22-17)12-20-16(18-2)19-10-13-11-21-14-6-3-4-7-15(14)23-13/h3-4,6-7,13H,5,8-12H2,1-2H3,(H2,18,19,20). The van der Waals surface area contributed by atoms with E-state index in [2.05, 4.69) is 22.5 Å². The van der Waals surface area contributed by atoms with E-state index in [-0.39, 0.29) is 11.7 Å². The number of benzene rings is 1. The van der Waals surface area contributed by atoms with Crippen LogP contribution in [0.5, 0.6) is 11.5 Å². The molecule has 6 nitrogen and oxygen atoms in total. The quantitative estimate of drug-likeness (QED) is 0.651. The first-order chi connectivity index (χ1) is 11.2. The number of hydrogen-bond acceptors (Lipinski definition) is 4. The number of nitrogens with one attached hydrogen (secondary N) is 2. The van der Waals surface area contributed by atoms with E-state index < -0.39 is 0 Å². The van der Waals surface area contributed by atoms with Crippen LogP contribution in [-0.4, -0.2) is 51.0 Å². The molecule has 23 heavy (non-hydrogen) atoms. The van der Waals surface area contributed by atoms with Gasteiger partial charge in [0, 0.05) is 20.2 Å². The van der Waals surface area contributed by atoms with E-state index in [0.717, 1.165) is 43.5 Å². The van der Waals surface area contributed by atoms with Crippen LogP contribution in [0.4, 0.5) is 0 Å². The molecule has 126 valence electrons. The lowest BCUT2D eigenvalue weighted by molar-refractivity contribution is 0.0242. The number of guanidine groups is 1. The van der Waals surface area contributed by atoms with E-state index >= 15 is 0 Å². The molecular weight excluding hydrogens is 294 g/mol. The summed E-state index contributed by atoms with van der Waals surface area (Å²) in [5.41, 5.74) is -0.0962. The third kappa shape index (κ3) is 4.07. The fourth-order valence-electron chi connectivity index (χ4n) is 2.84. The van der Waals surface area contributed by atoms with E-state index in [1.807, 2.05) is 24.3 Å². The summed E-state index contributed by atoms with van der Waals surface area (Å²) in [6, 6.07) is 7.73. The number of aliphatic imine (C=N–C) groups is 1. The van der Waals surface area contributed by atoms with Gasteiger partial charge in [0.1, 0.15) is 12.7 Å². The van der Waals surface area contributed by atoms with Crippen molar-refractivity contribution >= 4 is 5.96 Å². The van der Waals surface area contributed by atoms with Crippen molar-refractivity contribution in [3.8, 4) is 11.5 Å². The molecule has 0 aromatic heterocycles. The van der Waals surface area contributed by atoms with Crippen molar-refractivity contribution in [2.75, 3.05) is 33.4 Å². The molecule has 1 fully saturated rings. The molecule has 1 aromatic carbocycles. The molecule has 1 aromatic rings. The van der Waals surface area contributed by atoms with Gasteiger partial charge in [0.05, 0.1) is 12.1 Å². The van der Waals surface area contributed by atoms with Crippen molar-refractivity contribution < 1.29 is 14.2 Å². The van der Waals surface area contributed by atoms with Crippen molar-refractivity contribution in [1.29, 1.82) is 0 Å². The fraction of sp³-hybridized carbons (Fsp3) is 0.588. The Hall–Kier alpha value is -1.95. The second kappa shape index (κ2) is 7.08. The maximum atomic E-state index is 5.93. The molecule has 2 atom stereocenters. The highest BCUT2D eigenvalue weighted by atomic mass is 16.6. The van der Waals surface area contributed by atoms with Gasteiger partial charge in [0.2, 0.25) is 0 Å². The first kappa shape index (κ1) is 15.9. The van der Waals surface area contributed by atoms with Crippen molar-refractivity contribution in [2.45, 2.75) is 31.5 Å². The molecule has 2 N–H and O–H groups in total. The Bertz CT molecular complexity index is 556. The minimum atomic E-state index is -0.0962. The van der Waals surface area contributed by atoms with E-state index in [1.165, 1.54) is 0 Å². The monoisotopic (exact) mass is 319 g/mol. The lowest BCUT2D eigenvalue weighted by Crippen LogP contribution is -2.49. The second-order valence-electron chi connectivity index (χ2n) is 6.21. The van der Waals surface area contributed by atoms with Crippen molar-refractivity contribution in [1.82, 2.24) is 10.6 Å². The average molecular weight is 319 g/mol. The highest BCUT2D eigenvalue weighted by Crippen LogP contribution is 2.30. The number of fused-ring (bicyclic) bond motifs is 1. The van der Waals surface area contributed by atoms with Gasteiger partial charge in [-0.15, -0.1) is 0 Å². The van der Waals surface area contributed by atoms with Gasteiger partial charge in [0.15, 0.2) is 17.5 Å². The van der Waals surface area contributed by atoms with Crippen LogP contribution in [0, 0.1) is 0 Å². The Morgan fingerprint density at radius 2 is 2.13 bits per heavy atom. The molecule has 2 aliphatic heterocycles. The van der Waals surface area contributed by atoms with Crippen molar-refractivity contribution in [3.05, 3.63) is 24.3 Å². The third-order valence-electron chi connectivity index (χ3n) is 4.22. The molecule has 1 saturated heterocycles. The van der Waals surface area contributed by atoms with Crippen molar-refractivity contribution in [3.63, 3.8) is 0 Å². The summed E-state index contributed by atoms with van der Waals surface area (Å²) in [5, 5.41) is 6.62. The first-order valence-electron chi connectivity index (χ1n) is 8.15. The van der Waals surface area contributed by atoms with Crippen LogP contribution >= 0.6 is 0 Å². The Balaban J connectivity index is 1.45. The topological polar surface area (TPSA) is 64.1 Å². The van der Waals surface area contributed by atoms with Gasteiger partial charge in [-0.1, -0.05) is 12.1 Å². The zero-order valence-electron chi connectivity index (χ0n) is 13.8. The maximum Gasteiger partial charge on any atom is 0.191 e. The van der Waals surface area contributed by atoms with Crippen LogP contribution in [-0.2, 0) is 4.74 Å². The smallest absolute Gasteiger partial charge is 0.191 e. The third-order valence-corrected chi connectivity index (χ3v) is 4.22. The summed E-state index contributed by atoms with van der Waals surface area (Å²) >= 11 is 0. The molecule has 2 unspecified atom stereocenters. The number of rotatable bonds is 4. The van der Waals surface area contributed by atoms with E-state index in [1.54, 1.807) is 7.05 Å². The zero-order chi connectivity index (χ0) is 16.1. The molecule has 0 radical (unpaired) electrons. The van der Waals surface area contributed by atoms with Gasteiger partial charge in [-0.05, 0) is 31.9 Å². The van der Waals surface area contributed by atoms with E-state index in [4.69, 9.17) is 14.2 Å². The summed E-state index contributed by atoms with van der Waals surface area (Å²) in [6.45, 7) is 4.89. The van der Waals surface area contributed by atoms with Crippen LogP contribution in [0.15, 0.2) is 29.3 Å². The predicted octanol–water partition coefficient (Wildman–Crippen LogP) is 1.56. The Morgan fingerprint density at radius 3 is 2.87 bits per heavy atom. The minimum Gasteiger partial charge on any atom is -0.486 e. The molecular formula is C17H25N3O3. The van der Waals surface area contributed by atoms with E-state index in [0.29, 0.717) is 13.2 Å². The summed E-state index contributed by atoms with van der Waals surface area (Å²) in [7, 11) is 1.76. The average Bonchev–Trinajstić information content (AvgIpc) is 3.02. The molecule has 2 aliphatic rings. The number of ether oxygens (including phenoxy) is 3. The number of para-hydroxylation sites is 2. The normalized spacial score (nSPS) is 26.9.